The predicted molar refractivity (Wildman–Crippen MR) is 247 cm³/mol. The van der Waals surface area contributed by atoms with E-state index in [4.69, 9.17) is 14.2 Å². The van der Waals surface area contributed by atoms with E-state index in [2.05, 4.69) is 41.5 Å². The standard InChI is InChI=1S/C52H100O6/c1-7-48(6)40-34-28-24-25-31-37-43-52(55)58-49(45-57-51(54)42-36-30-23-19-15-17-21-27-33-39-47(4)5)44-56-50(53)41-35-29-22-18-14-12-10-8-9-11-13-16-20-26-32-38-46(2)3/h46-49H,7-45H2,1-6H3/t48?,49-/m0/s1. The SMILES string of the molecule is CCC(C)CCCCCCCCC(=O)O[C@@H](COC(=O)CCCCCCCCCCCCCCCCCC(C)C)COC(=O)CCCCCCCCCCCC(C)C. The molecule has 0 radical (unpaired) electrons. The summed E-state index contributed by atoms with van der Waals surface area (Å²) in [5.74, 6) is 1.61. The van der Waals surface area contributed by atoms with Crippen molar-refractivity contribution in [3.05, 3.63) is 0 Å². The van der Waals surface area contributed by atoms with Crippen molar-refractivity contribution in [1.29, 1.82) is 0 Å². The van der Waals surface area contributed by atoms with Gasteiger partial charge in [-0.25, -0.2) is 0 Å². The highest BCUT2D eigenvalue weighted by molar-refractivity contribution is 5.71. The lowest BCUT2D eigenvalue weighted by Crippen LogP contribution is -2.30. The fraction of sp³-hybridized carbons (Fsp3) is 0.942. The highest BCUT2D eigenvalue weighted by atomic mass is 16.6. The molecule has 0 aliphatic carbocycles. The molecule has 0 saturated carbocycles. The predicted octanol–water partition coefficient (Wildman–Crippen LogP) is 16.4. The van der Waals surface area contributed by atoms with E-state index in [1.54, 1.807) is 0 Å². The minimum absolute atomic E-state index is 0.0657. The fourth-order valence-electron chi connectivity index (χ4n) is 7.73. The van der Waals surface area contributed by atoms with Gasteiger partial charge in [0.15, 0.2) is 6.10 Å². The molecular formula is C52H100O6. The summed E-state index contributed by atoms with van der Waals surface area (Å²) >= 11 is 0. The van der Waals surface area contributed by atoms with Crippen molar-refractivity contribution in [3.8, 4) is 0 Å². The Balaban J connectivity index is 4.26. The van der Waals surface area contributed by atoms with Crippen molar-refractivity contribution in [2.45, 2.75) is 285 Å². The largest absolute Gasteiger partial charge is 0.462 e. The van der Waals surface area contributed by atoms with Crippen molar-refractivity contribution in [2.24, 2.45) is 17.8 Å². The molecule has 0 saturated heterocycles. The summed E-state index contributed by atoms with van der Waals surface area (Å²) in [5, 5.41) is 0. The first-order valence-corrected chi connectivity index (χ1v) is 25.6. The smallest absolute Gasteiger partial charge is 0.306 e. The van der Waals surface area contributed by atoms with Crippen molar-refractivity contribution < 1.29 is 28.6 Å². The zero-order valence-corrected chi connectivity index (χ0v) is 39.8. The third kappa shape index (κ3) is 44.0. The molecule has 0 aliphatic heterocycles. The lowest BCUT2D eigenvalue weighted by molar-refractivity contribution is -0.167. The van der Waals surface area contributed by atoms with Crippen LogP contribution in [-0.2, 0) is 28.6 Å². The molecular weight excluding hydrogens is 721 g/mol. The second kappa shape index (κ2) is 43.5. The van der Waals surface area contributed by atoms with Gasteiger partial charge >= 0.3 is 17.9 Å². The van der Waals surface area contributed by atoms with Gasteiger partial charge in [-0.2, -0.15) is 0 Å². The Labute approximate surface area is 361 Å². The molecule has 1 unspecified atom stereocenters. The van der Waals surface area contributed by atoms with Gasteiger partial charge in [0.25, 0.3) is 0 Å². The van der Waals surface area contributed by atoms with Crippen molar-refractivity contribution in [3.63, 3.8) is 0 Å². The third-order valence-electron chi connectivity index (χ3n) is 12.0. The summed E-state index contributed by atoms with van der Waals surface area (Å²) < 4.78 is 16.8. The Bertz CT molecular complexity index is 900. The van der Waals surface area contributed by atoms with Crippen LogP contribution in [0.1, 0.15) is 279 Å². The molecule has 0 rings (SSSR count). The van der Waals surface area contributed by atoms with E-state index in [1.807, 2.05) is 0 Å². The van der Waals surface area contributed by atoms with Crippen molar-refractivity contribution in [2.75, 3.05) is 13.2 Å². The summed E-state index contributed by atoms with van der Waals surface area (Å²) in [6, 6.07) is 0. The number of esters is 3. The van der Waals surface area contributed by atoms with Gasteiger partial charge in [-0.3, -0.25) is 14.4 Å². The van der Waals surface area contributed by atoms with E-state index >= 15 is 0 Å². The van der Waals surface area contributed by atoms with Gasteiger partial charge in [0.2, 0.25) is 0 Å². The molecule has 0 fully saturated rings. The number of unbranched alkanes of at least 4 members (excludes halogenated alkanes) is 27. The lowest BCUT2D eigenvalue weighted by Gasteiger charge is -2.18. The van der Waals surface area contributed by atoms with Crippen LogP contribution in [0.4, 0.5) is 0 Å². The Hall–Kier alpha value is -1.59. The van der Waals surface area contributed by atoms with Crippen LogP contribution in [-0.4, -0.2) is 37.2 Å². The van der Waals surface area contributed by atoms with E-state index in [0.29, 0.717) is 19.3 Å². The quantitative estimate of drug-likeness (QED) is 0.0346. The van der Waals surface area contributed by atoms with Gasteiger partial charge in [-0.05, 0) is 37.0 Å². The van der Waals surface area contributed by atoms with Crippen LogP contribution in [0.25, 0.3) is 0 Å². The van der Waals surface area contributed by atoms with E-state index in [-0.39, 0.29) is 31.1 Å². The summed E-state index contributed by atoms with van der Waals surface area (Å²) in [6.45, 7) is 13.7. The maximum absolute atomic E-state index is 12.7. The zero-order chi connectivity index (χ0) is 42.7. The fourth-order valence-corrected chi connectivity index (χ4v) is 7.73. The lowest BCUT2D eigenvalue weighted by atomic mass is 10.00. The van der Waals surface area contributed by atoms with Gasteiger partial charge in [0.1, 0.15) is 13.2 Å². The molecule has 0 aromatic heterocycles. The van der Waals surface area contributed by atoms with E-state index < -0.39 is 6.10 Å². The second-order valence-corrected chi connectivity index (χ2v) is 19.0. The molecule has 0 heterocycles. The molecule has 6 heteroatoms. The maximum atomic E-state index is 12.7. The Morgan fingerprint density at radius 3 is 0.897 bits per heavy atom. The molecule has 2 atom stereocenters. The first kappa shape index (κ1) is 56.4. The minimum atomic E-state index is -0.763. The van der Waals surface area contributed by atoms with Gasteiger partial charge in [-0.1, -0.05) is 241 Å². The number of carbonyl (C=O) groups excluding carboxylic acids is 3. The first-order chi connectivity index (χ1) is 28.1. The van der Waals surface area contributed by atoms with Crippen LogP contribution >= 0.6 is 0 Å². The van der Waals surface area contributed by atoms with Gasteiger partial charge in [-0.15, -0.1) is 0 Å². The Kier molecular flexibility index (Phi) is 42.3. The highest BCUT2D eigenvalue weighted by Crippen LogP contribution is 2.18. The van der Waals surface area contributed by atoms with Crippen LogP contribution in [0.2, 0.25) is 0 Å². The highest BCUT2D eigenvalue weighted by Gasteiger charge is 2.19. The Morgan fingerprint density at radius 1 is 0.345 bits per heavy atom. The average Bonchev–Trinajstić information content (AvgIpc) is 3.19. The molecule has 0 aromatic carbocycles. The average molecular weight is 821 g/mol. The van der Waals surface area contributed by atoms with E-state index in [1.165, 1.54) is 161 Å². The second-order valence-electron chi connectivity index (χ2n) is 19.0. The van der Waals surface area contributed by atoms with Gasteiger partial charge in [0.05, 0.1) is 0 Å². The molecule has 0 N–H and O–H groups in total. The number of carbonyl (C=O) groups is 3. The summed E-state index contributed by atoms with van der Waals surface area (Å²) in [7, 11) is 0. The van der Waals surface area contributed by atoms with Crippen LogP contribution < -0.4 is 0 Å². The van der Waals surface area contributed by atoms with Crippen LogP contribution in [0, 0.1) is 17.8 Å². The van der Waals surface area contributed by atoms with E-state index in [9.17, 15) is 14.4 Å². The summed E-state index contributed by atoms with van der Waals surface area (Å²) in [5.41, 5.74) is 0. The zero-order valence-electron chi connectivity index (χ0n) is 39.8. The number of rotatable bonds is 45. The number of hydrogen-bond donors (Lipinski definition) is 0. The van der Waals surface area contributed by atoms with Crippen LogP contribution in [0.5, 0.6) is 0 Å². The summed E-state index contributed by atoms with van der Waals surface area (Å²) in [4.78, 5) is 37.9. The van der Waals surface area contributed by atoms with Crippen LogP contribution in [0.3, 0.4) is 0 Å². The normalized spacial score (nSPS) is 12.6. The molecule has 344 valence electrons. The van der Waals surface area contributed by atoms with Crippen molar-refractivity contribution >= 4 is 17.9 Å². The molecule has 0 spiro atoms. The van der Waals surface area contributed by atoms with Crippen LogP contribution in [0.15, 0.2) is 0 Å². The summed E-state index contributed by atoms with van der Waals surface area (Å²) in [6.07, 6.45) is 42.4. The monoisotopic (exact) mass is 821 g/mol. The van der Waals surface area contributed by atoms with Crippen molar-refractivity contribution in [1.82, 2.24) is 0 Å². The molecule has 6 nitrogen and oxygen atoms in total. The Morgan fingerprint density at radius 2 is 0.603 bits per heavy atom. The third-order valence-corrected chi connectivity index (χ3v) is 12.0. The molecule has 0 aliphatic rings. The molecule has 0 amide bonds. The number of hydrogen-bond acceptors (Lipinski definition) is 6. The van der Waals surface area contributed by atoms with Gasteiger partial charge in [0, 0.05) is 19.3 Å². The molecule has 0 aromatic rings. The topological polar surface area (TPSA) is 78.9 Å². The first-order valence-electron chi connectivity index (χ1n) is 25.6. The van der Waals surface area contributed by atoms with Gasteiger partial charge < -0.3 is 14.2 Å². The maximum Gasteiger partial charge on any atom is 0.306 e. The molecule has 58 heavy (non-hydrogen) atoms. The number of ether oxygens (including phenoxy) is 3. The minimum Gasteiger partial charge on any atom is -0.462 e. The van der Waals surface area contributed by atoms with E-state index in [0.717, 1.165) is 75.5 Å². The molecule has 0 bridgehead atoms.